The van der Waals surface area contributed by atoms with E-state index in [9.17, 15) is 21.6 Å². The van der Waals surface area contributed by atoms with Crippen molar-refractivity contribution in [3.05, 3.63) is 23.3 Å². The molecule has 0 fully saturated rings. The SMILES string of the molecule is N#Cc1c(CN)ccc(S(=O)(=O)Cl)c1SC(F)(F)F. The summed E-state index contributed by atoms with van der Waals surface area (Å²) in [6, 6.07) is 3.59. The van der Waals surface area contributed by atoms with Crippen LogP contribution in [0.2, 0.25) is 0 Å². The van der Waals surface area contributed by atoms with E-state index in [4.69, 9.17) is 21.7 Å². The summed E-state index contributed by atoms with van der Waals surface area (Å²) in [5, 5.41) is 8.89. The Hall–Kier alpha value is -0.950. The number of alkyl halides is 3. The van der Waals surface area contributed by atoms with Gasteiger partial charge in [-0.25, -0.2) is 8.42 Å². The van der Waals surface area contributed by atoms with Gasteiger partial charge in [-0.3, -0.25) is 0 Å². The predicted molar refractivity (Wildman–Crippen MR) is 64.0 cm³/mol. The second kappa shape index (κ2) is 5.58. The lowest BCUT2D eigenvalue weighted by Gasteiger charge is -2.13. The predicted octanol–water partition coefficient (Wildman–Crippen LogP) is 2.56. The summed E-state index contributed by atoms with van der Waals surface area (Å²) in [6.45, 7) is -0.197. The first kappa shape index (κ1) is 16.1. The molecule has 2 N–H and O–H groups in total. The molecule has 0 aliphatic carbocycles. The quantitative estimate of drug-likeness (QED) is 0.680. The minimum absolute atomic E-state index is 0.110. The second-order valence-electron chi connectivity index (χ2n) is 3.23. The van der Waals surface area contributed by atoms with Gasteiger partial charge in [0.25, 0.3) is 9.05 Å². The van der Waals surface area contributed by atoms with Crippen LogP contribution in [-0.2, 0) is 15.6 Å². The van der Waals surface area contributed by atoms with Crippen LogP contribution >= 0.6 is 22.4 Å². The zero-order valence-corrected chi connectivity index (χ0v) is 11.4. The van der Waals surface area contributed by atoms with E-state index in [-0.39, 0.29) is 12.1 Å². The van der Waals surface area contributed by atoms with Crippen LogP contribution in [0.1, 0.15) is 11.1 Å². The Bertz CT molecular complexity index is 638. The van der Waals surface area contributed by atoms with Gasteiger partial charge in [-0.1, -0.05) is 6.07 Å². The average molecular weight is 331 g/mol. The summed E-state index contributed by atoms with van der Waals surface area (Å²) in [4.78, 5) is -1.52. The Labute approximate surface area is 115 Å². The fourth-order valence-electron chi connectivity index (χ4n) is 1.31. The number of hydrogen-bond donors (Lipinski definition) is 1. The van der Waals surface area contributed by atoms with Gasteiger partial charge in [0, 0.05) is 17.2 Å². The van der Waals surface area contributed by atoms with Gasteiger partial charge in [0.05, 0.1) is 15.4 Å². The van der Waals surface area contributed by atoms with Crippen LogP contribution < -0.4 is 5.73 Å². The molecule has 0 bridgehead atoms. The first-order valence-electron chi connectivity index (χ1n) is 4.56. The van der Waals surface area contributed by atoms with Gasteiger partial charge in [0.2, 0.25) is 0 Å². The summed E-state index contributed by atoms with van der Waals surface area (Å²) in [7, 11) is 0.664. The average Bonchev–Trinajstić information content (AvgIpc) is 2.24. The monoisotopic (exact) mass is 330 g/mol. The number of rotatable bonds is 3. The number of nitriles is 1. The summed E-state index contributed by atoms with van der Waals surface area (Å²) in [5.41, 5.74) is 0.210. The number of benzene rings is 1. The summed E-state index contributed by atoms with van der Waals surface area (Å²) in [6.07, 6.45) is 0. The minimum atomic E-state index is -4.75. The van der Waals surface area contributed by atoms with Crippen LogP contribution in [0.4, 0.5) is 13.2 Å². The lowest BCUT2D eigenvalue weighted by molar-refractivity contribution is -0.0329. The Morgan fingerprint density at radius 2 is 2.00 bits per heavy atom. The van der Waals surface area contributed by atoms with E-state index in [0.717, 1.165) is 12.1 Å². The molecule has 0 radical (unpaired) electrons. The smallest absolute Gasteiger partial charge is 0.326 e. The first-order valence-corrected chi connectivity index (χ1v) is 7.69. The lowest BCUT2D eigenvalue weighted by atomic mass is 10.1. The summed E-state index contributed by atoms with van der Waals surface area (Å²) < 4.78 is 59.8. The van der Waals surface area contributed by atoms with Crippen LogP contribution in [-0.4, -0.2) is 13.9 Å². The van der Waals surface area contributed by atoms with Crippen LogP contribution in [0.5, 0.6) is 0 Å². The van der Waals surface area contributed by atoms with Crippen molar-refractivity contribution in [1.82, 2.24) is 0 Å². The van der Waals surface area contributed by atoms with Gasteiger partial charge in [0.1, 0.15) is 6.07 Å². The standard InChI is InChI=1S/C9H6ClF3N2O2S2/c10-19(16,17)7-2-1-5(3-14)6(4-15)8(7)18-9(11,12)13/h1-2H,3,14H2. The highest BCUT2D eigenvalue weighted by Gasteiger charge is 2.34. The van der Waals surface area contributed by atoms with Crippen LogP contribution in [0.3, 0.4) is 0 Å². The van der Waals surface area contributed by atoms with Gasteiger partial charge >= 0.3 is 5.51 Å². The lowest BCUT2D eigenvalue weighted by Crippen LogP contribution is -2.08. The Kier molecular flexibility index (Phi) is 4.73. The zero-order valence-electron chi connectivity index (χ0n) is 9.03. The minimum Gasteiger partial charge on any atom is -0.326 e. The molecule has 0 saturated carbocycles. The molecule has 1 aromatic carbocycles. The van der Waals surface area contributed by atoms with Gasteiger partial charge in [-0.15, -0.1) is 0 Å². The highest BCUT2D eigenvalue weighted by Crippen LogP contribution is 2.43. The largest absolute Gasteiger partial charge is 0.446 e. The number of nitrogens with zero attached hydrogens (tertiary/aromatic N) is 1. The maximum absolute atomic E-state index is 12.4. The van der Waals surface area contributed by atoms with Crippen molar-refractivity contribution in [2.75, 3.05) is 0 Å². The van der Waals surface area contributed by atoms with Crippen LogP contribution in [0.25, 0.3) is 0 Å². The van der Waals surface area contributed by atoms with Crippen molar-refractivity contribution < 1.29 is 21.6 Å². The van der Waals surface area contributed by atoms with Crippen LogP contribution in [0, 0.1) is 11.3 Å². The van der Waals surface area contributed by atoms with E-state index in [1.54, 1.807) is 0 Å². The fourth-order valence-corrected chi connectivity index (χ4v) is 3.52. The summed E-state index contributed by atoms with van der Waals surface area (Å²) in [5.74, 6) is 0. The van der Waals surface area contributed by atoms with Crippen molar-refractivity contribution in [2.45, 2.75) is 21.8 Å². The molecule has 0 unspecified atom stereocenters. The first-order chi connectivity index (χ1) is 8.60. The van der Waals surface area contributed by atoms with Crippen molar-refractivity contribution in [2.24, 2.45) is 5.73 Å². The maximum Gasteiger partial charge on any atom is 0.446 e. The topological polar surface area (TPSA) is 83.9 Å². The molecule has 0 heterocycles. The Morgan fingerprint density at radius 3 is 2.37 bits per heavy atom. The molecule has 19 heavy (non-hydrogen) atoms. The van der Waals surface area contributed by atoms with Crippen molar-refractivity contribution in [1.29, 1.82) is 5.26 Å². The van der Waals surface area contributed by atoms with E-state index in [0.29, 0.717) is 0 Å². The fraction of sp³-hybridized carbons (Fsp3) is 0.222. The summed E-state index contributed by atoms with van der Waals surface area (Å²) >= 11 is -0.707. The molecule has 0 saturated heterocycles. The third-order valence-electron chi connectivity index (χ3n) is 2.02. The molecule has 1 rings (SSSR count). The molecule has 10 heteroatoms. The molecule has 4 nitrogen and oxygen atoms in total. The molecule has 0 atom stereocenters. The highest BCUT2D eigenvalue weighted by atomic mass is 35.7. The molecule has 0 aliphatic heterocycles. The van der Waals surface area contributed by atoms with E-state index in [2.05, 4.69) is 0 Å². The number of halogens is 4. The van der Waals surface area contributed by atoms with Gasteiger partial charge in [-0.05, 0) is 23.4 Å². The third kappa shape index (κ3) is 4.01. The maximum atomic E-state index is 12.4. The number of thioether (sulfide) groups is 1. The zero-order chi connectivity index (χ0) is 14.8. The van der Waals surface area contributed by atoms with Crippen molar-refractivity contribution >= 4 is 31.5 Å². The Balaban J connectivity index is 3.65. The molecule has 0 spiro atoms. The molecule has 104 valence electrons. The van der Waals surface area contributed by atoms with Crippen molar-refractivity contribution in [3.63, 3.8) is 0 Å². The van der Waals surface area contributed by atoms with E-state index < -0.39 is 41.7 Å². The molecule has 1 aromatic rings. The van der Waals surface area contributed by atoms with Crippen LogP contribution in [0.15, 0.2) is 21.9 Å². The third-order valence-corrected chi connectivity index (χ3v) is 4.37. The highest BCUT2D eigenvalue weighted by molar-refractivity contribution is 8.14. The normalized spacial score (nSPS) is 12.2. The van der Waals surface area contributed by atoms with Gasteiger partial charge in [-0.2, -0.15) is 18.4 Å². The molecule has 0 aromatic heterocycles. The molecule has 0 amide bonds. The van der Waals surface area contributed by atoms with Crippen molar-refractivity contribution in [3.8, 4) is 6.07 Å². The van der Waals surface area contributed by atoms with Gasteiger partial charge in [0.15, 0.2) is 0 Å². The van der Waals surface area contributed by atoms with Gasteiger partial charge < -0.3 is 5.73 Å². The molecule has 0 aliphatic rings. The Morgan fingerprint density at radius 1 is 1.42 bits per heavy atom. The van der Waals surface area contributed by atoms with E-state index in [1.807, 2.05) is 0 Å². The van der Waals surface area contributed by atoms with E-state index >= 15 is 0 Å². The molecular weight excluding hydrogens is 325 g/mol. The number of hydrogen-bond acceptors (Lipinski definition) is 5. The number of nitrogens with two attached hydrogens (primary N) is 1. The second-order valence-corrected chi connectivity index (χ2v) is 6.84. The molecular formula is C9H6ClF3N2O2S2. The van der Waals surface area contributed by atoms with E-state index in [1.165, 1.54) is 6.07 Å².